The first-order chi connectivity index (χ1) is 7.10. The van der Waals surface area contributed by atoms with Gasteiger partial charge in [0.15, 0.2) is 0 Å². The lowest BCUT2D eigenvalue weighted by atomic mass is 10.2. The molecule has 0 aromatic carbocycles. The number of pyridine rings is 1. The molecule has 0 spiro atoms. The standard InChI is InChI=1S/C8H8N2O5/c1-14-7-6(8(11)15-2)3-5(4-9-7)10(12)13/h3-4H,1-2H3. The second-order valence-electron chi connectivity index (χ2n) is 2.50. The fourth-order valence-corrected chi connectivity index (χ4v) is 0.960. The molecule has 0 radical (unpaired) electrons. The number of nitrogens with zero attached hydrogens (tertiary/aromatic N) is 2. The van der Waals surface area contributed by atoms with Crippen molar-refractivity contribution in [1.29, 1.82) is 0 Å². The topological polar surface area (TPSA) is 91.6 Å². The van der Waals surface area contributed by atoms with Crippen LogP contribution in [0.4, 0.5) is 5.69 Å². The third-order valence-corrected chi connectivity index (χ3v) is 1.65. The molecule has 0 fully saturated rings. The van der Waals surface area contributed by atoms with Crippen molar-refractivity contribution in [3.05, 3.63) is 27.9 Å². The summed E-state index contributed by atoms with van der Waals surface area (Å²) in [6.45, 7) is 0. The summed E-state index contributed by atoms with van der Waals surface area (Å²) in [7, 11) is 2.47. The van der Waals surface area contributed by atoms with Gasteiger partial charge in [-0.15, -0.1) is 0 Å². The number of hydrogen-bond acceptors (Lipinski definition) is 6. The molecule has 80 valence electrons. The quantitative estimate of drug-likeness (QED) is 0.417. The molecular formula is C8H8N2O5. The van der Waals surface area contributed by atoms with Gasteiger partial charge < -0.3 is 9.47 Å². The summed E-state index contributed by atoms with van der Waals surface area (Å²) >= 11 is 0. The maximum absolute atomic E-state index is 11.2. The maximum atomic E-state index is 11.2. The van der Waals surface area contributed by atoms with Crippen molar-refractivity contribution in [3.63, 3.8) is 0 Å². The Kier molecular flexibility index (Phi) is 3.17. The molecule has 7 heteroatoms. The lowest BCUT2D eigenvalue weighted by Crippen LogP contribution is -2.06. The minimum Gasteiger partial charge on any atom is -0.480 e. The van der Waals surface area contributed by atoms with E-state index < -0.39 is 10.9 Å². The first-order valence-electron chi connectivity index (χ1n) is 3.87. The van der Waals surface area contributed by atoms with Crippen LogP contribution in [-0.4, -0.2) is 30.1 Å². The number of aromatic nitrogens is 1. The largest absolute Gasteiger partial charge is 0.480 e. The highest BCUT2D eigenvalue weighted by Crippen LogP contribution is 2.21. The second kappa shape index (κ2) is 4.36. The molecule has 0 unspecified atom stereocenters. The van der Waals surface area contributed by atoms with Crippen LogP contribution in [0.25, 0.3) is 0 Å². The van der Waals surface area contributed by atoms with E-state index in [0.717, 1.165) is 12.3 Å². The minimum absolute atomic E-state index is 0.00699. The number of methoxy groups -OCH3 is 2. The van der Waals surface area contributed by atoms with Gasteiger partial charge in [0.05, 0.1) is 19.1 Å². The molecule has 1 heterocycles. The Bertz CT molecular complexity index is 404. The summed E-state index contributed by atoms with van der Waals surface area (Å²) in [5.74, 6) is -0.740. The third kappa shape index (κ3) is 2.19. The normalized spacial score (nSPS) is 9.47. The number of nitro groups is 1. The fraction of sp³-hybridized carbons (Fsp3) is 0.250. The van der Waals surface area contributed by atoms with Gasteiger partial charge in [0.25, 0.3) is 5.69 Å². The summed E-state index contributed by atoms with van der Waals surface area (Å²) in [5.41, 5.74) is -0.370. The first-order valence-corrected chi connectivity index (χ1v) is 3.87. The van der Waals surface area contributed by atoms with Crippen LogP contribution in [0.1, 0.15) is 10.4 Å². The Morgan fingerprint density at radius 3 is 2.67 bits per heavy atom. The van der Waals surface area contributed by atoms with Gasteiger partial charge in [0, 0.05) is 6.07 Å². The zero-order valence-corrected chi connectivity index (χ0v) is 8.09. The van der Waals surface area contributed by atoms with Crippen LogP contribution in [0.2, 0.25) is 0 Å². The molecule has 0 N–H and O–H groups in total. The van der Waals surface area contributed by atoms with Crippen LogP contribution in [0, 0.1) is 10.1 Å². The second-order valence-corrected chi connectivity index (χ2v) is 2.50. The molecule has 0 aliphatic carbocycles. The minimum atomic E-state index is -0.733. The van der Waals surface area contributed by atoms with Gasteiger partial charge in [0.1, 0.15) is 11.8 Å². The number of rotatable bonds is 3. The average Bonchev–Trinajstić information content (AvgIpc) is 2.27. The maximum Gasteiger partial charge on any atom is 0.343 e. The fourth-order valence-electron chi connectivity index (χ4n) is 0.960. The molecule has 0 saturated carbocycles. The van der Waals surface area contributed by atoms with Crippen LogP contribution in [-0.2, 0) is 4.74 Å². The van der Waals surface area contributed by atoms with Crippen molar-refractivity contribution in [2.75, 3.05) is 14.2 Å². The lowest BCUT2D eigenvalue weighted by molar-refractivity contribution is -0.385. The highest BCUT2D eigenvalue weighted by atomic mass is 16.6. The Balaban J connectivity index is 3.25. The number of carbonyl (C=O) groups excluding carboxylic acids is 1. The molecule has 1 aromatic rings. The Hall–Kier alpha value is -2.18. The van der Waals surface area contributed by atoms with Crippen molar-refractivity contribution in [2.45, 2.75) is 0 Å². The van der Waals surface area contributed by atoms with Crippen LogP contribution < -0.4 is 4.74 Å². The molecule has 0 saturated heterocycles. The molecule has 15 heavy (non-hydrogen) atoms. The molecule has 1 aromatic heterocycles. The summed E-state index contributed by atoms with van der Waals surface area (Å²) in [6.07, 6.45) is 1.01. The summed E-state index contributed by atoms with van der Waals surface area (Å²) in [4.78, 5) is 24.6. The number of carbonyl (C=O) groups is 1. The Morgan fingerprint density at radius 2 is 2.20 bits per heavy atom. The van der Waals surface area contributed by atoms with Crippen molar-refractivity contribution < 1.29 is 19.2 Å². The molecule has 0 bridgehead atoms. The van der Waals surface area contributed by atoms with Crippen LogP contribution in [0.3, 0.4) is 0 Å². The number of esters is 1. The van der Waals surface area contributed by atoms with Crippen LogP contribution in [0.5, 0.6) is 5.88 Å². The van der Waals surface area contributed by atoms with E-state index in [9.17, 15) is 14.9 Å². The summed E-state index contributed by atoms with van der Waals surface area (Å²) < 4.78 is 9.20. The monoisotopic (exact) mass is 212 g/mol. The molecule has 0 aliphatic heterocycles. The smallest absolute Gasteiger partial charge is 0.343 e. The summed E-state index contributed by atoms with van der Waals surface area (Å²) in [5, 5.41) is 10.4. The Morgan fingerprint density at radius 1 is 1.53 bits per heavy atom. The molecule has 0 atom stereocenters. The van der Waals surface area contributed by atoms with E-state index in [1.54, 1.807) is 0 Å². The van der Waals surface area contributed by atoms with E-state index in [1.807, 2.05) is 0 Å². The van der Waals surface area contributed by atoms with Crippen molar-refractivity contribution in [3.8, 4) is 5.88 Å². The zero-order chi connectivity index (χ0) is 11.4. The zero-order valence-electron chi connectivity index (χ0n) is 8.09. The van der Waals surface area contributed by atoms with E-state index in [1.165, 1.54) is 14.2 Å². The molecule has 0 amide bonds. The predicted molar refractivity (Wildman–Crippen MR) is 48.8 cm³/mol. The first kappa shape index (κ1) is 10.9. The Labute approximate surface area is 84.8 Å². The third-order valence-electron chi connectivity index (χ3n) is 1.65. The van der Waals surface area contributed by atoms with Crippen LogP contribution >= 0.6 is 0 Å². The molecule has 0 aliphatic rings. The van der Waals surface area contributed by atoms with Gasteiger partial charge in [-0.25, -0.2) is 9.78 Å². The van der Waals surface area contributed by atoms with Gasteiger partial charge >= 0.3 is 5.97 Å². The SMILES string of the molecule is COC(=O)c1cc([N+](=O)[O-])cnc1OC. The molecule has 7 nitrogen and oxygen atoms in total. The predicted octanol–water partition coefficient (Wildman–Crippen LogP) is 0.785. The van der Waals surface area contributed by atoms with E-state index in [0.29, 0.717) is 0 Å². The van der Waals surface area contributed by atoms with Gasteiger partial charge in [0.2, 0.25) is 5.88 Å². The lowest BCUT2D eigenvalue weighted by Gasteiger charge is -2.04. The highest BCUT2D eigenvalue weighted by molar-refractivity contribution is 5.92. The number of hydrogen-bond donors (Lipinski definition) is 0. The van der Waals surface area contributed by atoms with Gasteiger partial charge in [-0.05, 0) is 0 Å². The summed E-state index contributed by atoms with van der Waals surface area (Å²) in [6, 6.07) is 1.05. The van der Waals surface area contributed by atoms with Crippen LogP contribution in [0.15, 0.2) is 12.3 Å². The molecule has 1 rings (SSSR count). The number of ether oxygens (including phenoxy) is 2. The van der Waals surface area contributed by atoms with Crippen molar-refractivity contribution in [2.24, 2.45) is 0 Å². The molecular weight excluding hydrogens is 204 g/mol. The van der Waals surface area contributed by atoms with E-state index in [2.05, 4.69) is 9.72 Å². The van der Waals surface area contributed by atoms with Crippen molar-refractivity contribution >= 4 is 11.7 Å². The van der Waals surface area contributed by atoms with Gasteiger partial charge in [-0.1, -0.05) is 0 Å². The van der Waals surface area contributed by atoms with Crippen molar-refractivity contribution in [1.82, 2.24) is 4.98 Å². The van der Waals surface area contributed by atoms with E-state index >= 15 is 0 Å². The van der Waals surface area contributed by atoms with Gasteiger partial charge in [-0.2, -0.15) is 0 Å². The average molecular weight is 212 g/mol. The highest BCUT2D eigenvalue weighted by Gasteiger charge is 2.18. The van der Waals surface area contributed by atoms with Gasteiger partial charge in [-0.3, -0.25) is 10.1 Å². The van der Waals surface area contributed by atoms with E-state index in [4.69, 9.17) is 4.74 Å². The van der Waals surface area contributed by atoms with E-state index in [-0.39, 0.29) is 17.1 Å².